The Morgan fingerprint density at radius 2 is 1.89 bits per heavy atom. The van der Waals surface area contributed by atoms with Crippen molar-refractivity contribution in [1.29, 1.82) is 0 Å². The molecule has 0 aliphatic rings. The molecule has 1 amide bonds. The van der Waals surface area contributed by atoms with Crippen LogP contribution in [0, 0.1) is 5.82 Å². The Morgan fingerprint density at radius 3 is 2.64 bits per heavy atom. The van der Waals surface area contributed by atoms with E-state index in [1.807, 2.05) is 25.2 Å². The number of halogens is 1. The van der Waals surface area contributed by atoms with Gasteiger partial charge in [-0.2, -0.15) is 0 Å². The van der Waals surface area contributed by atoms with Crippen molar-refractivity contribution in [3.8, 4) is 11.3 Å². The minimum Gasteiger partial charge on any atom is -0.375 e. The van der Waals surface area contributed by atoms with Crippen molar-refractivity contribution in [1.82, 2.24) is 10.5 Å². The van der Waals surface area contributed by atoms with Crippen LogP contribution in [0.1, 0.15) is 18.4 Å². The predicted octanol–water partition coefficient (Wildman–Crippen LogP) is 4.06. The molecular formula is C22H24FN3O2. The highest BCUT2D eigenvalue weighted by atomic mass is 19.1. The summed E-state index contributed by atoms with van der Waals surface area (Å²) in [5.41, 5.74) is 2.75. The number of nitrogens with one attached hydrogen (secondary N) is 1. The van der Waals surface area contributed by atoms with E-state index in [2.05, 4.69) is 27.5 Å². The summed E-state index contributed by atoms with van der Waals surface area (Å²) in [5.74, 6) is 0.271. The van der Waals surface area contributed by atoms with Gasteiger partial charge in [0.25, 0.3) is 0 Å². The molecule has 6 heteroatoms. The molecular weight excluding hydrogens is 357 g/mol. The SMILES string of the molecule is CN(CCCNC(=O)CCc1cnoc1-c1ccc(F)cc1)c1ccccc1. The molecule has 0 spiro atoms. The summed E-state index contributed by atoms with van der Waals surface area (Å²) in [6, 6.07) is 16.2. The van der Waals surface area contributed by atoms with Gasteiger partial charge in [0.1, 0.15) is 5.82 Å². The van der Waals surface area contributed by atoms with Gasteiger partial charge in [0.15, 0.2) is 5.76 Å². The zero-order valence-electron chi connectivity index (χ0n) is 15.9. The highest BCUT2D eigenvalue weighted by Gasteiger charge is 2.12. The lowest BCUT2D eigenvalue weighted by Gasteiger charge is -2.19. The van der Waals surface area contributed by atoms with E-state index in [0.717, 1.165) is 29.8 Å². The zero-order chi connectivity index (χ0) is 19.8. The molecule has 28 heavy (non-hydrogen) atoms. The smallest absolute Gasteiger partial charge is 0.220 e. The average Bonchev–Trinajstić information content (AvgIpc) is 3.19. The van der Waals surface area contributed by atoms with E-state index in [1.54, 1.807) is 18.3 Å². The molecule has 5 nitrogen and oxygen atoms in total. The van der Waals surface area contributed by atoms with Gasteiger partial charge in [-0.1, -0.05) is 23.4 Å². The van der Waals surface area contributed by atoms with Crippen molar-refractivity contribution in [2.24, 2.45) is 0 Å². The normalized spacial score (nSPS) is 10.6. The van der Waals surface area contributed by atoms with Gasteiger partial charge in [0.2, 0.25) is 5.91 Å². The third-order valence-corrected chi connectivity index (χ3v) is 4.56. The van der Waals surface area contributed by atoms with Gasteiger partial charge in [0, 0.05) is 43.4 Å². The second-order valence-corrected chi connectivity index (χ2v) is 6.65. The van der Waals surface area contributed by atoms with E-state index in [9.17, 15) is 9.18 Å². The van der Waals surface area contributed by atoms with E-state index in [1.165, 1.54) is 12.1 Å². The minimum absolute atomic E-state index is 0.00591. The molecule has 146 valence electrons. The van der Waals surface area contributed by atoms with Crippen molar-refractivity contribution < 1.29 is 13.7 Å². The van der Waals surface area contributed by atoms with Crippen LogP contribution in [0.5, 0.6) is 0 Å². The Labute approximate surface area is 164 Å². The Hall–Kier alpha value is -3.15. The molecule has 0 atom stereocenters. The monoisotopic (exact) mass is 381 g/mol. The van der Waals surface area contributed by atoms with Crippen LogP contribution in [0.25, 0.3) is 11.3 Å². The first-order valence-corrected chi connectivity index (χ1v) is 9.36. The van der Waals surface area contributed by atoms with Gasteiger partial charge < -0.3 is 14.7 Å². The van der Waals surface area contributed by atoms with E-state index in [0.29, 0.717) is 25.1 Å². The molecule has 1 heterocycles. The summed E-state index contributed by atoms with van der Waals surface area (Å²) in [5, 5.41) is 6.77. The number of anilines is 1. The van der Waals surface area contributed by atoms with Crippen molar-refractivity contribution in [3.63, 3.8) is 0 Å². The summed E-state index contributed by atoms with van der Waals surface area (Å²) in [6.07, 6.45) is 3.35. The van der Waals surface area contributed by atoms with Crippen molar-refractivity contribution >= 4 is 11.6 Å². The number of benzene rings is 2. The summed E-state index contributed by atoms with van der Waals surface area (Å²) >= 11 is 0. The topological polar surface area (TPSA) is 58.4 Å². The predicted molar refractivity (Wildman–Crippen MR) is 108 cm³/mol. The molecule has 3 aromatic rings. The van der Waals surface area contributed by atoms with Crippen LogP contribution < -0.4 is 10.2 Å². The Morgan fingerprint density at radius 1 is 1.14 bits per heavy atom. The lowest BCUT2D eigenvalue weighted by Crippen LogP contribution is -2.28. The minimum atomic E-state index is -0.304. The van der Waals surface area contributed by atoms with Gasteiger partial charge in [0.05, 0.1) is 6.20 Å². The lowest BCUT2D eigenvalue weighted by molar-refractivity contribution is -0.121. The standard InChI is InChI=1S/C22H24FN3O2/c1-26(20-6-3-2-4-7-20)15-5-14-24-21(27)13-10-18-16-25-28-22(18)17-8-11-19(23)12-9-17/h2-4,6-9,11-12,16H,5,10,13-15H2,1H3,(H,24,27). The summed E-state index contributed by atoms with van der Waals surface area (Å²) in [6.45, 7) is 1.50. The molecule has 1 aromatic heterocycles. The van der Waals surface area contributed by atoms with Crippen LogP contribution in [0.2, 0.25) is 0 Å². The first-order valence-electron chi connectivity index (χ1n) is 9.36. The number of nitrogens with zero attached hydrogens (tertiary/aromatic N) is 2. The summed E-state index contributed by atoms with van der Waals surface area (Å²) in [4.78, 5) is 14.3. The summed E-state index contributed by atoms with van der Waals surface area (Å²) in [7, 11) is 2.04. The lowest BCUT2D eigenvalue weighted by atomic mass is 10.1. The number of aromatic nitrogens is 1. The van der Waals surface area contributed by atoms with Gasteiger partial charge in [-0.05, 0) is 49.2 Å². The molecule has 0 aliphatic carbocycles. The van der Waals surface area contributed by atoms with Crippen LogP contribution in [0.3, 0.4) is 0 Å². The van der Waals surface area contributed by atoms with E-state index in [-0.39, 0.29) is 11.7 Å². The first-order chi connectivity index (χ1) is 13.6. The first kappa shape index (κ1) is 19.6. The largest absolute Gasteiger partial charge is 0.375 e. The van der Waals surface area contributed by atoms with Crippen molar-refractivity contribution in [2.75, 3.05) is 25.0 Å². The Bertz CT molecular complexity index is 878. The van der Waals surface area contributed by atoms with Gasteiger partial charge in [-0.15, -0.1) is 0 Å². The molecule has 0 saturated heterocycles. The maximum atomic E-state index is 13.1. The van der Waals surface area contributed by atoms with Crippen LogP contribution in [-0.4, -0.2) is 31.2 Å². The quantitative estimate of drug-likeness (QED) is 0.568. The number of rotatable bonds is 9. The molecule has 0 aliphatic heterocycles. The maximum Gasteiger partial charge on any atom is 0.220 e. The fourth-order valence-electron chi connectivity index (χ4n) is 2.97. The van der Waals surface area contributed by atoms with Crippen LogP contribution >= 0.6 is 0 Å². The average molecular weight is 381 g/mol. The highest BCUT2D eigenvalue weighted by molar-refractivity contribution is 5.76. The molecule has 0 unspecified atom stereocenters. The summed E-state index contributed by atoms with van der Waals surface area (Å²) < 4.78 is 18.4. The van der Waals surface area contributed by atoms with Crippen molar-refractivity contribution in [3.05, 3.63) is 72.2 Å². The van der Waals surface area contributed by atoms with Crippen LogP contribution in [0.4, 0.5) is 10.1 Å². The molecule has 3 rings (SSSR count). The molecule has 0 fully saturated rings. The van der Waals surface area contributed by atoms with E-state index < -0.39 is 0 Å². The Balaban J connectivity index is 1.40. The zero-order valence-corrected chi connectivity index (χ0v) is 15.9. The molecule has 0 radical (unpaired) electrons. The maximum absolute atomic E-state index is 13.1. The Kier molecular flexibility index (Phi) is 6.78. The number of hydrogen-bond donors (Lipinski definition) is 1. The fourth-order valence-corrected chi connectivity index (χ4v) is 2.97. The second kappa shape index (κ2) is 9.69. The number of carbonyl (C=O) groups is 1. The van der Waals surface area contributed by atoms with Gasteiger partial charge in [-0.25, -0.2) is 4.39 Å². The highest BCUT2D eigenvalue weighted by Crippen LogP contribution is 2.24. The van der Waals surface area contributed by atoms with Gasteiger partial charge in [-0.3, -0.25) is 4.79 Å². The van der Waals surface area contributed by atoms with Crippen LogP contribution in [-0.2, 0) is 11.2 Å². The van der Waals surface area contributed by atoms with Gasteiger partial charge >= 0.3 is 0 Å². The van der Waals surface area contributed by atoms with E-state index in [4.69, 9.17) is 4.52 Å². The molecule has 0 bridgehead atoms. The number of para-hydroxylation sites is 1. The number of amides is 1. The fraction of sp³-hybridized carbons (Fsp3) is 0.273. The number of carbonyl (C=O) groups excluding carboxylic acids is 1. The number of aryl methyl sites for hydroxylation is 1. The second-order valence-electron chi connectivity index (χ2n) is 6.65. The van der Waals surface area contributed by atoms with E-state index >= 15 is 0 Å². The molecule has 2 aromatic carbocycles. The third-order valence-electron chi connectivity index (χ3n) is 4.56. The third kappa shape index (κ3) is 5.42. The van der Waals surface area contributed by atoms with Crippen LogP contribution in [0.15, 0.2) is 65.3 Å². The molecule has 0 saturated carbocycles. The van der Waals surface area contributed by atoms with Crippen molar-refractivity contribution in [2.45, 2.75) is 19.3 Å². The number of hydrogen-bond acceptors (Lipinski definition) is 4. The molecule has 1 N–H and O–H groups in total.